The summed E-state index contributed by atoms with van der Waals surface area (Å²) in [5.74, 6) is 0.789. The predicted molar refractivity (Wildman–Crippen MR) is 53.4 cm³/mol. The second kappa shape index (κ2) is 4.09. The summed E-state index contributed by atoms with van der Waals surface area (Å²) in [5.41, 5.74) is 0.420. The molecule has 1 aliphatic rings. The van der Waals surface area contributed by atoms with Crippen LogP contribution in [0.5, 0.6) is 0 Å². The van der Waals surface area contributed by atoms with Crippen LogP contribution >= 0.6 is 0 Å². The van der Waals surface area contributed by atoms with E-state index in [9.17, 15) is 4.79 Å². The van der Waals surface area contributed by atoms with Crippen molar-refractivity contribution in [1.82, 2.24) is 10.6 Å². The van der Waals surface area contributed by atoms with Crippen molar-refractivity contribution in [2.45, 2.75) is 26.7 Å². The molecule has 0 spiro atoms. The van der Waals surface area contributed by atoms with Crippen LogP contribution in [0.15, 0.2) is 0 Å². The Hall–Kier alpha value is -0.570. The maximum absolute atomic E-state index is 11.2. The minimum atomic E-state index is 0.106. The molecule has 1 rings (SSSR count). The molecule has 1 fully saturated rings. The Morgan fingerprint density at radius 3 is 2.46 bits per heavy atom. The van der Waals surface area contributed by atoms with Crippen molar-refractivity contribution in [2.24, 2.45) is 11.3 Å². The van der Waals surface area contributed by atoms with E-state index in [4.69, 9.17) is 0 Å². The van der Waals surface area contributed by atoms with E-state index in [1.807, 2.05) is 0 Å². The Balaban J connectivity index is 2.22. The van der Waals surface area contributed by atoms with Gasteiger partial charge in [-0.25, -0.2) is 0 Å². The summed E-state index contributed by atoms with van der Waals surface area (Å²) in [7, 11) is 1.79. The van der Waals surface area contributed by atoms with Gasteiger partial charge in [0.25, 0.3) is 0 Å². The van der Waals surface area contributed by atoms with Crippen molar-refractivity contribution in [3.05, 3.63) is 0 Å². The summed E-state index contributed by atoms with van der Waals surface area (Å²) in [5, 5.41) is 5.81. The molecule has 0 saturated heterocycles. The van der Waals surface area contributed by atoms with Gasteiger partial charge in [0.1, 0.15) is 0 Å². The molecule has 0 radical (unpaired) electrons. The Morgan fingerprint density at radius 1 is 1.46 bits per heavy atom. The number of carbonyl (C=O) groups excluding carboxylic acids is 1. The van der Waals surface area contributed by atoms with E-state index in [1.54, 1.807) is 7.05 Å². The van der Waals surface area contributed by atoms with Crippen LogP contribution in [0.2, 0.25) is 0 Å². The number of hydrogen-bond donors (Lipinski definition) is 2. The predicted octanol–water partition coefficient (Wildman–Crippen LogP) is 0.758. The molecule has 1 amide bonds. The zero-order chi connectivity index (χ0) is 9.90. The highest BCUT2D eigenvalue weighted by molar-refractivity contribution is 5.78. The van der Waals surface area contributed by atoms with Crippen molar-refractivity contribution in [1.29, 1.82) is 0 Å². The van der Waals surface area contributed by atoms with Crippen molar-refractivity contribution in [2.75, 3.05) is 20.1 Å². The van der Waals surface area contributed by atoms with E-state index in [2.05, 4.69) is 24.5 Å². The summed E-state index contributed by atoms with van der Waals surface area (Å²) in [6.07, 6.45) is 2.54. The normalized spacial score (nSPS) is 18.8. The number of carbonyl (C=O) groups is 1. The van der Waals surface area contributed by atoms with Gasteiger partial charge in [0.05, 0.1) is 6.54 Å². The van der Waals surface area contributed by atoms with Gasteiger partial charge < -0.3 is 10.6 Å². The van der Waals surface area contributed by atoms with Crippen LogP contribution in [0, 0.1) is 11.3 Å². The van der Waals surface area contributed by atoms with E-state index in [0.717, 1.165) is 6.54 Å². The average Bonchev–Trinajstić information content (AvgIpc) is 2.82. The molecule has 0 aliphatic heterocycles. The van der Waals surface area contributed by atoms with Crippen LogP contribution in [0.25, 0.3) is 0 Å². The first-order valence-corrected chi connectivity index (χ1v) is 5.02. The van der Waals surface area contributed by atoms with E-state index in [-0.39, 0.29) is 5.91 Å². The van der Waals surface area contributed by atoms with Crippen LogP contribution in [-0.2, 0) is 4.79 Å². The summed E-state index contributed by atoms with van der Waals surface area (Å²) in [4.78, 5) is 11.2. The standard InChI is InChI=1S/C10H20N2O/c1-8(2)10(4-5-10)7-12-9(13)6-11-3/h8,11H,4-7H2,1-3H3,(H,12,13). The lowest BCUT2D eigenvalue weighted by Crippen LogP contribution is -2.37. The van der Waals surface area contributed by atoms with Crippen molar-refractivity contribution >= 4 is 5.91 Å². The highest BCUT2D eigenvalue weighted by atomic mass is 16.1. The van der Waals surface area contributed by atoms with Crippen molar-refractivity contribution in [3.63, 3.8) is 0 Å². The first-order chi connectivity index (χ1) is 6.10. The van der Waals surface area contributed by atoms with Crippen LogP contribution in [0.3, 0.4) is 0 Å². The van der Waals surface area contributed by atoms with Gasteiger partial charge in [-0.3, -0.25) is 4.79 Å². The molecule has 0 aromatic carbocycles. The first-order valence-electron chi connectivity index (χ1n) is 5.02. The van der Waals surface area contributed by atoms with Crippen molar-refractivity contribution < 1.29 is 4.79 Å². The lowest BCUT2D eigenvalue weighted by Gasteiger charge is -2.19. The highest BCUT2D eigenvalue weighted by Gasteiger charge is 2.45. The molecule has 0 bridgehead atoms. The summed E-state index contributed by atoms with van der Waals surface area (Å²) in [6.45, 7) is 5.74. The summed E-state index contributed by atoms with van der Waals surface area (Å²) in [6, 6.07) is 0. The quantitative estimate of drug-likeness (QED) is 0.662. The average molecular weight is 184 g/mol. The monoisotopic (exact) mass is 184 g/mol. The van der Waals surface area contributed by atoms with Gasteiger partial charge in [-0.1, -0.05) is 13.8 Å². The maximum Gasteiger partial charge on any atom is 0.233 e. The fourth-order valence-electron chi connectivity index (χ4n) is 1.62. The van der Waals surface area contributed by atoms with Gasteiger partial charge in [0.2, 0.25) is 5.91 Å². The molecule has 3 nitrogen and oxygen atoms in total. The third-order valence-electron chi connectivity index (χ3n) is 3.09. The first kappa shape index (κ1) is 10.5. The van der Waals surface area contributed by atoms with Crippen molar-refractivity contribution in [3.8, 4) is 0 Å². The molecule has 76 valence electrons. The van der Waals surface area contributed by atoms with E-state index in [1.165, 1.54) is 12.8 Å². The van der Waals surface area contributed by atoms with E-state index < -0.39 is 0 Å². The molecule has 2 N–H and O–H groups in total. The van der Waals surface area contributed by atoms with Crippen LogP contribution < -0.4 is 10.6 Å². The Bertz CT molecular complexity index is 185. The number of amides is 1. The molecular formula is C10H20N2O. The minimum Gasteiger partial charge on any atom is -0.354 e. The van der Waals surface area contributed by atoms with Gasteiger partial charge in [0, 0.05) is 6.54 Å². The molecule has 1 saturated carbocycles. The molecule has 0 aromatic rings. The molecule has 0 atom stereocenters. The molecule has 3 heteroatoms. The second-order valence-electron chi connectivity index (χ2n) is 4.32. The highest BCUT2D eigenvalue weighted by Crippen LogP contribution is 2.51. The summed E-state index contributed by atoms with van der Waals surface area (Å²) >= 11 is 0. The zero-order valence-electron chi connectivity index (χ0n) is 8.81. The largest absolute Gasteiger partial charge is 0.354 e. The van der Waals surface area contributed by atoms with Crippen LogP contribution in [-0.4, -0.2) is 26.0 Å². The fourth-order valence-corrected chi connectivity index (χ4v) is 1.62. The molecule has 0 heterocycles. The number of likely N-dealkylation sites (N-methyl/N-ethyl adjacent to an activating group) is 1. The Labute approximate surface area is 80.3 Å². The third kappa shape index (κ3) is 2.69. The topological polar surface area (TPSA) is 41.1 Å². The molecular weight excluding hydrogens is 164 g/mol. The molecule has 13 heavy (non-hydrogen) atoms. The summed E-state index contributed by atoms with van der Waals surface area (Å²) < 4.78 is 0. The minimum absolute atomic E-state index is 0.106. The van der Waals surface area contributed by atoms with E-state index in [0.29, 0.717) is 17.9 Å². The lowest BCUT2D eigenvalue weighted by molar-refractivity contribution is -0.120. The Morgan fingerprint density at radius 2 is 2.08 bits per heavy atom. The maximum atomic E-state index is 11.2. The van der Waals surface area contributed by atoms with Crippen LogP contribution in [0.4, 0.5) is 0 Å². The van der Waals surface area contributed by atoms with Gasteiger partial charge in [-0.2, -0.15) is 0 Å². The van der Waals surface area contributed by atoms with E-state index >= 15 is 0 Å². The lowest BCUT2D eigenvalue weighted by atomic mass is 9.92. The zero-order valence-corrected chi connectivity index (χ0v) is 8.81. The fraction of sp³-hybridized carbons (Fsp3) is 0.900. The number of rotatable bonds is 5. The second-order valence-corrected chi connectivity index (χ2v) is 4.32. The SMILES string of the molecule is CNCC(=O)NCC1(C(C)C)CC1. The van der Waals surface area contributed by atoms with Crippen LogP contribution in [0.1, 0.15) is 26.7 Å². The van der Waals surface area contributed by atoms with Gasteiger partial charge >= 0.3 is 0 Å². The number of hydrogen-bond acceptors (Lipinski definition) is 2. The molecule has 0 aromatic heterocycles. The molecule has 1 aliphatic carbocycles. The number of nitrogens with one attached hydrogen (secondary N) is 2. The Kier molecular flexibility index (Phi) is 3.31. The third-order valence-corrected chi connectivity index (χ3v) is 3.09. The van der Waals surface area contributed by atoms with Gasteiger partial charge in [0.15, 0.2) is 0 Å². The van der Waals surface area contributed by atoms with Gasteiger partial charge in [-0.05, 0) is 31.2 Å². The molecule has 0 unspecified atom stereocenters. The van der Waals surface area contributed by atoms with Gasteiger partial charge in [-0.15, -0.1) is 0 Å². The smallest absolute Gasteiger partial charge is 0.233 e.